The van der Waals surface area contributed by atoms with Gasteiger partial charge in [0, 0.05) is 0 Å². The number of aliphatic hydroxyl groups is 1. The van der Waals surface area contributed by atoms with Gasteiger partial charge in [-0.15, -0.1) is 5.10 Å². The summed E-state index contributed by atoms with van der Waals surface area (Å²) >= 11 is 3.14. The molecule has 0 amide bonds. The van der Waals surface area contributed by atoms with Crippen molar-refractivity contribution >= 4 is 15.9 Å². The predicted molar refractivity (Wildman–Crippen MR) is 69.0 cm³/mol. The minimum absolute atomic E-state index is 0.320. The fourth-order valence-corrected chi connectivity index (χ4v) is 1.88. The summed E-state index contributed by atoms with van der Waals surface area (Å²) in [6.45, 7) is 5.06. The summed E-state index contributed by atoms with van der Waals surface area (Å²) in [6, 6.07) is 3.05. The molecule has 2 rings (SSSR count). The standard InChI is InChI=1S/C12H13BrFN3O/c1-7-4-9(14)8(13)5-10(7)17-6-11(15-16-17)12(2,3)18/h4-6,18H,1-3H3. The lowest BCUT2D eigenvalue weighted by molar-refractivity contribution is 0.0737. The van der Waals surface area contributed by atoms with Crippen LogP contribution in [0.1, 0.15) is 25.1 Å². The number of hydrogen-bond donors (Lipinski definition) is 1. The quantitative estimate of drug-likeness (QED) is 0.927. The number of aromatic nitrogens is 3. The summed E-state index contributed by atoms with van der Waals surface area (Å²) in [5.74, 6) is -0.320. The topological polar surface area (TPSA) is 50.9 Å². The van der Waals surface area contributed by atoms with Gasteiger partial charge in [-0.1, -0.05) is 5.21 Å². The lowest BCUT2D eigenvalue weighted by Gasteiger charge is -2.12. The number of halogens is 2. The summed E-state index contributed by atoms with van der Waals surface area (Å²) in [5, 5.41) is 17.7. The van der Waals surface area contributed by atoms with Gasteiger partial charge in [-0.05, 0) is 54.4 Å². The monoisotopic (exact) mass is 313 g/mol. The SMILES string of the molecule is Cc1cc(F)c(Br)cc1-n1cc(C(C)(C)O)nn1. The fraction of sp³-hybridized carbons (Fsp3) is 0.333. The summed E-state index contributed by atoms with van der Waals surface area (Å²) in [5.41, 5.74) is 0.861. The molecule has 0 aliphatic carbocycles. The van der Waals surface area contributed by atoms with Crippen LogP contribution in [0.3, 0.4) is 0 Å². The second kappa shape index (κ2) is 4.44. The van der Waals surface area contributed by atoms with Gasteiger partial charge in [0.15, 0.2) is 0 Å². The molecule has 18 heavy (non-hydrogen) atoms. The molecule has 1 heterocycles. The van der Waals surface area contributed by atoms with Gasteiger partial charge in [0.1, 0.15) is 17.1 Å². The maximum atomic E-state index is 13.3. The Labute approximate surface area is 113 Å². The van der Waals surface area contributed by atoms with Crippen molar-refractivity contribution in [3.63, 3.8) is 0 Å². The molecule has 0 saturated carbocycles. The van der Waals surface area contributed by atoms with Crippen LogP contribution in [0.2, 0.25) is 0 Å². The summed E-state index contributed by atoms with van der Waals surface area (Å²) in [4.78, 5) is 0. The Hall–Kier alpha value is -1.27. The van der Waals surface area contributed by atoms with Crippen molar-refractivity contribution in [3.05, 3.63) is 39.9 Å². The molecular weight excluding hydrogens is 301 g/mol. The van der Waals surface area contributed by atoms with Crippen LogP contribution in [-0.4, -0.2) is 20.1 Å². The molecule has 1 aromatic heterocycles. The molecule has 0 fully saturated rings. The van der Waals surface area contributed by atoms with Crippen molar-refractivity contribution < 1.29 is 9.50 Å². The molecule has 0 radical (unpaired) electrons. The van der Waals surface area contributed by atoms with Crippen LogP contribution in [0, 0.1) is 12.7 Å². The van der Waals surface area contributed by atoms with E-state index in [0.717, 1.165) is 5.56 Å². The first-order valence-corrected chi connectivity index (χ1v) is 6.19. The third-order valence-electron chi connectivity index (χ3n) is 2.61. The Bertz CT molecular complexity index is 589. The molecule has 0 bridgehead atoms. The van der Waals surface area contributed by atoms with Gasteiger partial charge in [-0.3, -0.25) is 0 Å². The van der Waals surface area contributed by atoms with E-state index in [9.17, 15) is 9.50 Å². The lowest BCUT2D eigenvalue weighted by atomic mass is 10.1. The van der Waals surface area contributed by atoms with Crippen molar-refractivity contribution in [2.45, 2.75) is 26.4 Å². The number of benzene rings is 1. The Balaban J connectivity index is 2.50. The molecule has 2 aromatic rings. The van der Waals surface area contributed by atoms with Crippen molar-refractivity contribution in [2.24, 2.45) is 0 Å². The summed E-state index contributed by atoms with van der Waals surface area (Å²) in [7, 11) is 0. The Kier molecular flexibility index (Phi) is 3.25. The molecule has 0 aliphatic rings. The van der Waals surface area contributed by atoms with E-state index in [1.54, 1.807) is 33.0 Å². The Morgan fingerprint density at radius 1 is 1.39 bits per heavy atom. The minimum Gasteiger partial charge on any atom is -0.384 e. The maximum Gasteiger partial charge on any atom is 0.137 e. The van der Waals surface area contributed by atoms with Crippen LogP contribution >= 0.6 is 15.9 Å². The highest BCUT2D eigenvalue weighted by Crippen LogP contribution is 2.24. The van der Waals surface area contributed by atoms with E-state index in [2.05, 4.69) is 26.2 Å². The Morgan fingerprint density at radius 3 is 2.61 bits per heavy atom. The zero-order chi connectivity index (χ0) is 13.5. The third-order valence-corrected chi connectivity index (χ3v) is 3.21. The highest BCUT2D eigenvalue weighted by atomic mass is 79.9. The fourth-order valence-electron chi connectivity index (χ4n) is 1.54. The van der Waals surface area contributed by atoms with E-state index in [4.69, 9.17) is 0 Å². The average Bonchev–Trinajstić information content (AvgIpc) is 2.72. The second-order valence-corrected chi connectivity index (χ2v) is 5.51. The minimum atomic E-state index is -1.05. The van der Waals surface area contributed by atoms with Crippen molar-refractivity contribution in [1.29, 1.82) is 0 Å². The summed E-state index contributed by atoms with van der Waals surface area (Å²) in [6.07, 6.45) is 1.63. The number of hydrogen-bond acceptors (Lipinski definition) is 3. The van der Waals surface area contributed by atoms with E-state index >= 15 is 0 Å². The number of rotatable bonds is 2. The first-order valence-electron chi connectivity index (χ1n) is 5.40. The first kappa shape index (κ1) is 13.2. The van der Waals surface area contributed by atoms with E-state index in [0.29, 0.717) is 15.9 Å². The highest BCUT2D eigenvalue weighted by Gasteiger charge is 2.21. The van der Waals surface area contributed by atoms with Crippen LogP contribution in [0.25, 0.3) is 5.69 Å². The molecule has 0 atom stereocenters. The molecule has 96 valence electrons. The molecule has 1 aromatic carbocycles. The van der Waals surface area contributed by atoms with Gasteiger partial charge < -0.3 is 5.11 Å². The number of nitrogens with zero attached hydrogens (tertiary/aromatic N) is 3. The normalized spacial score (nSPS) is 11.9. The zero-order valence-electron chi connectivity index (χ0n) is 10.3. The smallest absolute Gasteiger partial charge is 0.137 e. The molecule has 6 heteroatoms. The largest absolute Gasteiger partial charge is 0.384 e. The van der Waals surface area contributed by atoms with Crippen LogP contribution in [0.5, 0.6) is 0 Å². The van der Waals surface area contributed by atoms with Crippen molar-refractivity contribution in [2.75, 3.05) is 0 Å². The van der Waals surface area contributed by atoms with Gasteiger partial charge in [-0.25, -0.2) is 9.07 Å². The van der Waals surface area contributed by atoms with Gasteiger partial charge in [0.25, 0.3) is 0 Å². The van der Waals surface area contributed by atoms with E-state index in [1.807, 2.05) is 0 Å². The molecule has 0 unspecified atom stereocenters. The lowest BCUT2D eigenvalue weighted by Crippen LogP contribution is -2.15. The molecule has 1 N–H and O–H groups in total. The van der Waals surface area contributed by atoms with E-state index in [-0.39, 0.29) is 5.82 Å². The van der Waals surface area contributed by atoms with E-state index in [1.165, 1.54) is 10.7 Å². The van der Waals surface area contributed by atoms with Gasteiger partial charge in [0.05, 0.1) is 16.4 Å². The third kappa shape index (κ3) is 2.44. The molecular formula is C12H13BrFN3O. The first-order chi connectivity index (χ1) is 8.29. The molecule has 0 saturated heterocycles. The number of aryl methyl sites for hydroxylation is 1. The van der Waals surface area contributed by atoms with Crippen LogP contribution in [0.15, 0.2) is 22.8 Å². The van der Waals surface area contributed by atoms with Crippen molar-refractivity contribution in [3.8, 4) is 5.69 Å². The molecule has 0 spiro atoms. The van der Waals surface area contributed by atoms with Crippen LogP contribution in [-0.2, 0) is 5.60 Å². The average molecular weight is 314 g/mol. The predicted octanol–water partition coefficient (Wildman–Crippen LogP) is 2.70. The van der Waals surface area contributed by atoms with Gasteiger partial charge in [-0.2, -0.15) is 0 Å². The van der Waals surface area contributed by atoms with Gasteiger partial charge in [0.2, 0.25) is 0 Å². The zero-order valence-corrected chi connectivity index (χ0v) is 11.9. The maximum absolute atomic E-state index is 13.3. The van der Waals surface area contributed by atoms with Crippen molar-refractivity contribution in [1.82, 2.24) is 15.0 Å². The highest BCUT2D eigenvalue weighted by molar-refractivity contribution is 9.10. The second-order valence-electron chi connectivity index (χ2n) is 4.66. The molecule has 4 nitrogen and oxygen atoms in total. The Morgan fingerprint density at radius 2 is 2.06 bits per heavy atom. The van der Waals surface area contributed by atoms with E-state index < -0.39 is 5.60 Å². The molecule has 0 aliphatic heterocycles. The van der Waals surface area contributed by atoms with Gasteiger partial charge >= 0.3 is 0 Å². The van der Waals surface area contributed by atoms with Crippen LogP contribution < -0.4 is 0 Å². The summed E-state index contributed by atoms with van der Waals surface area (Å²) < 4.78 is 15.2. The van der Waals surface area contributed by atoms with Crippen LogP contribution in [0.4, 0.5) is 4.39 Å².